The molecule has 1 unspecified atom stereocenters. The third-order valence-electron chi connectivity index (χ3n) is 6.39. The van der Waals surface area contributed by atoms with Crippen molar-refractivity contribution in [1.82, 2.24) is 0 Å². The Hall–Kier alpha value is -2.37. The van der Waals surface area contributed by atoms with Gasteiger partial charge >= 0.3 is 5.97 Å². The molecule has 158 valence electrons. The lowest BCUT2D eigenvalue weighted by Gasteiger charge is -2.39. The molecule has 1 atom stereocenters. The smallest absolute Gasteiger partial charge is 0.305 e. The van der Waals surface area contributed by atoms with E-state index in [9.17, 15) is 4.79 Å². The van der Waals surface area contributed by atoms with E-state index in [1.807, 2.05) is 0 Å². The van der Waals surface area contributed by atoms with E-state index in [1.54, 1.807) is 0 Å². The predicted molar refractivity (Wildman–Crippen MR) is 125 cm³/mol. The molecule has 0 N–H and O–H groups in total. The van der Waals surface area contributed by atoms with Crippen molar-refractivity contribution in [3.8, 4) is 0 Å². The number of aryl methyl sites for hydroxylation is 1. The van der Waals surface area contributed by atoms with Crippen LogP contribution in [0.25, 0.3) is 6.08 Å². The van der Waals surface area contributed by atoms with E-state index in [2.05, 4.69) is 80.3 Å². The van der Waals surface area contributed by atoms with Gasteiger partial charge in [-0.3, -0.25) is 4.79 Å². The summed E-state index contributed by atoms with van der Waals surface area (Å²) < 4.78 is 11.9. The highest BCUT2D eigenvalue weighted by Crippen LogP contribution is 2.55. The minimum absolute atomic E-state index is 0.106. The molecule has 30 heavy (non-hydrogen) atoms. The SMILES string of the molecule is Cc1ccc(C=CC23OCCN2c2cc(COC(=O)CC[SiH3])ccc2C3(C)C)cc1. The largest absolute Gasteiger partial charge is 0.461 e. The van der Waals surface area contributed by atoms with E-state index < -0.39 is 5.72 Å². The van der Waals surface area contributed by atoms with Gasteiger partial charge in [0.1, 0.15) is 6.61 Å². The standard InChI is InChI=1S/C25H31NO3Si/c1-18-4-6-19(7-5-18)10-12-25-24(2,3)21-9-8-20(17-28-23(27)11-15-30)16-22(21)26(25)13-14-29-25/h4-10,12,16H,11,13-15,17H2,1-3,30H3. The van der Waals surface area contributed by atoms with Gasteiger partial charge in [-0.2, -0.15) is 0 Å². The van der Waals surface area contributed by atoms with Crippen molar-refractivity contribution in [2.24, 2.45) is 0 Å². The van der Waals surface area contributed by atoms with Crippen molar-refractivity contribution >= 4 is 28.0 Å². The highest BCUT2D eigenvalue weighted by Gasteiger charge is 2.59. The highest BCUT2D eigenvalue weighted by molar-refractivity contribution is 6.09. The zero-order valence-electron chi connectivity index (χ0n) is 18.4. The zero-order valence-corrected chi connectivity index (χ0v) is 20.4. The molecule has 1 fully saturated rings. The first-order valence-electron chi connectivity index (χ1n) is 10.8. The maximum atomic E-state index is 11.8. The maximum Gasteiger partial charge on any atom is 0.305 e. The number of rotatable bonds is 6. The number of hydrogen-bond donors (Lipinski definition) is 0. The molecule has 0 amide bonds. The summed E-state index contributed by atoms with van der Waals surface area (Å²) in [6.45, 7) is 8.47. The molecular weight excluding hydrogens is 390 g/mol. The number of anilines is 1. The third-order valence-corrected chi connectivity index (χ3v) is 6.89. The van der Waals surface area contributed by atoms with Crippen LogP contribution in [0.2, 0.25) is 6.04 Å². The van der Waals surface area contributed by atoms with Gasteiger partial charge in [-0.05, 0) is 35.8 Å². The second kappa shape index (κ2) is 8.04. The fraction of sp³-hybridized carbons (Fsp3) is 0.400. The van der Waals surface area contributed by atoms with Crippen LogP contribution in [0.3, 0.4) is 0 Å². The Kier molecular flexibility index (Phi) is 5.60. The monoisotopic (exact) mass is 421 g/mol. The first-order valence-corrected chi connectivity index (χ1v) is 12.3. The first kappa shape index (κ1) is 20.9. The number of nitrogens with zero attached hydrogens (tertiary/aromatic N) is 1. The van der Waals surface area contributed by atoms with Crippen molar-refractivity contribution in [2.75, 3.05) is 18.1 Å². The van der Waals surface area contributed by atoms with Crippen LogP contribution in [0.5, 0.6) is 0 Å². The summed E-state index contributed by atoms with van der Waals surface area (Å²) in [7, 11) is 1.03. The van der Waals surface area contributed by atoms with Gasteiger partial charge in [0.2, 0.25) is 0 Å². The Balaban J connectivity index is 1.64. The molecule has 0 spiro atoms. The number of ether oxygens (including phenoxy) is 2. The molecule has 0 radical (unpaired) electrons. The van der Waals surface area contributed by atoms with Crippen LogP contribution in [0.15, 0.2) is 48.5 Å². The van der Waals surface area contributed by atoms with Gasteiger partial charge < -0.3 is 14.4 Å². The minimum atomic E-state index is -0.512. The Morgan fingerprint density at radius 2 is 2.00 bits per heavy atom. The summed E-state index contributed by atoms with van der Waals surface area (Å²) in [5.41, 5.74) is 5.18. The van der Waals surface area contributed by atoms with Crippen LogP contribution in [-0.2, 0) is 26.3 Å². The number of fused-ring (bicyclic) bond motifs is 3. The quantitative estimate of drug-likeness (QED) is 0.526. The summed E-state index contributed by atoms with van der Waals surface area (Å²) in [6, 6.07) is 15.9. The van der Waals surface area contributed by atoms with Gasteiger partial charge in [-0.1, -0.05) is 67.9 Å². The molecule has 2 aromatic rings. The van der Waals surface area contributed by atoms with Gasteiger partial charge in [0.15, 0.2) is 5.72 Å². The summed E-state index contributed by atoms with van der Waals surface area (Å²) in [5, 5.41) is 0. The molecule has 2 aliphatic rings. The van der Waals surface area contributed by atoms with Crippen LogP contribution in [0.1, 0.15) is 42.5 Å². The molecule has 2 aromatic carbocycles. The topological polar surface area (TPSA) is 38.8 Å². The van der Waals surface area contributed by atoms with E-state index >= 15 is 0 Å². The number of esters is 1. The number of hydrogen-bond acceptors (Lipinski definition) is 4. The van der Waals surface area contributed by atoms with Crippen molar-refractivity contribution in [2.45, 2.75) is 51.0 Å². The van der Waals surface area contributed by atoms with E-state index in [-0.39, 0.29) is 11.4 Å². The lowest BCUT2D eigenvalue weighted by Crippen LogP contribution is -2.51. The Labute approximate surface area is 182 Å². The molecule has 5 heteroatoms. The van der Waals surface area contributed by atoms with Gasteiger partial charge in [0, 0.05) is 34.3 Å². The normalized spacial score (nSPS) is 21.8. The maximum absolute atomic E-state index is 11.8. The average Bonchev–Trinajstić information content (AvgIpc) is 3.23. The van der Waals surface area contributed by atoms with Crippen molar-refractivity contribution in [1.29, 1.82) is 0 Å². The molecule has 4 rings (SSSR count). The third kappa shape index (κ3) is 3.50. The Morgan fingerprint density at radius 1 is 1.23 bits per heavy atom. The lowest BCUT2D eigenvalue weighted by molar-refractivity contribution is -0.144. The Bertz CT molecular complexity index is 967. The Morgan fingerprint density at radius 3 is 2.73 bits per heavy atom. The molecule has 2 aliphatic heterocycles. The molecule has 0 bridgehead atoms. The second-order valence-electron chi connectivity index (χ2n) is 8.83. The molecule has 4 nitrogen and oxygen atoms in total. The van der Waals surface area contributed by atoms with E-state index in [0.717, 1.165) is 28.4 Å². The van der Waals surface area contributed by atoms with Crippen LogP contribution in [0, 0.1) is 6.92 Å². The highest BCUT2D eigenvalue weighted by atomic mass is 28.1. The number of carbonyl (C=O) groups excluding carboxylic acids is 1. The molecule has 1 saturated heterocycles. The average molecular weight is 422 g/mol. The summed E-state index contributed by atoms with van der Waals surface area (Å²) in [4.78, 5) is 14.2. The second-order valence-corrected chi connectivity index (χ2v) is 9.83. The summed E-state index contributed by atoms with van der Waals surface area (Å²) >= 11 is 0. The van der Waals surface area contributed by atoms with E-state index in [4.69, 9.17) is 9.47 Å². The van der Waals surface area contributed by atoms with Gasteiger partial charge in [0.25, 0.3) is 0 Å². The van der Waals surface area contributed by atoms with Gasteiger partial charge in [-0.15, -0.1) is 0 Å². The molecule has 0 aliphatic carbocycles. The first-order chi connectivity index (χ1) is 14.4. The summed E-state index contributed by atoms with van der Waals surface area (Å²) in [6.07, 6.45) is 4.91. The van der Waals surface area contributed by atoms with Crippen LogP contribution in [-0.4, -0.2) is 35.1 Å². The predicted octanol–water partition coefficient (Wildman–Crippen LogP) is 3.75. The van der Waals surface area contributed by atoms with Crippen molar-refractivity contribution < 1.29 is 14.3 Å². The van der Waals surface area contributed by atoms with E-state index in [0.29, 0.717) is 19.6 Å². The van der Waals surface area contributed by atoms with Crippen LogP contribution >= 0.6 is 0 Å². The molecular formula is C25H31NO3Si. The fourth-order valence-electron chi connectivity index (χ4n) is 4.64. The van der Waals surface area contributed by atoms with Crippen molar-refractivity contribution in [3.63, 3.8) is 0 Å². The fourth-order valence-corrected chi connectivity index (χ4v) is 5.05. The zero-order chi connectivity index (χ0) is 21.4. The van der Waals surface area contributed by atoms with Crippen molar-refractivity contribution in [3.05, 3.63) is 70.8 Å². The van der Waals surface area contributed by atoms with Crippen LogP contribution in [0.4, 0.5) is 5.69 Å². The lowest BCUT2D eigenvalue weighted by atomic mass is 9.77. The minimum Gasteiger partial charge on any atom is -0.461 e. The van der Waals surface area contributed by atoms with Gasteiger partial charge in [0.05, 0.1) is 6.61 Å². The van der Waals surface area contributed by atoms with E-state index in [1.165, 1.54) is 22.4 Å². The van der Waals surface area contributed by atoms with Crippen LogP contribution < -0.4 is 4.90 Å². The number of benzene rings is 2. The number of carbonyl (C=O) groups is 1. The molecule has 2 heterocycles. The van der Waals surface area contributed by atoms with Gasteiger partial charge in [-0.25, -0.2) is 0 Å². The molecule has 0 saturated carbocycles. The summed E-state index contributed by atoms with van der Waals surface area (Å²) in [5.74, 6) is -0.106. The molecule has 0 aromatic heterocycles.